The summed E-state index contributed by atoms with van der Waals surface area (Å²) in [7, 11) is 0. The molecule has 4 heteroatoms. The Bertz CT molecular complexity index is 702. The number of hydrogen-bond acceptors (Lipinski definition) is 3. The van der Waals surface area contributed by atoms with Crippen LogP contribution in [-0.2, 0) is 12.8 Å². The summed E-state index contributed by atoms with van der Waals surface area (Å²) in [6, 6.07) is 8.31. The van der Waals surface area contributed by atoms with Crippen molar-refractivity contribution in [2.75, 3.05) is 5.32 Å². The van der Waals surface area contributed by atoms with Gasteiger partial charge in [-0.05, 0) is 43.7 Å². The first-order chi connectivity index (χ1) is 10.2. The molecule has 108 valence electrons. The predicted octanol–water partition coefficient (Wildman–Crippen LogP) is 3.79. The molecule has 2 N–H and O–H groups in total. The number of thiophene rings is 1. The van der Waals surface area contributed by atoms with Crippen LogP contribution in [0.4, 0.5) is 5.00 Å². The minimum atomic E-state index is -0.120. The van der Waals surface area contributed by atoms with E-state index in [-0.39, 0.29) is 12.1 Å². The summed E-state index contributed by atoms with van der Waals surface area (Å²) in [6.45, 7) is 2.07. The highest BCUT2D eigenvalue weighted by atomic mass is 32.1. The fourth-order valence-electron chi connectivity index (χ4n) is 3.20. The third kappa shape index (κ3) is 2.14. The number of aryl methyl sites for hydroxylation is 2. The SMILES string of the molecule is Cc1ccc([C@@H]2NC(=O)c3c(sc4c3CCCC4)N2)cc1. The van der Waals surface area contributed by atoms with Crippen LogP contribution in [-0.4, -0.2) is 5.91 Å². The smallest absolute Gasteiger partial charge is 0.256 e. The van der Waals surface area contributed by atoms with E-state index in [9.17, 15) is 4.79 Å². The second-order valence-electron chi connectivity index (χ2n) is 5.88. The summed E-state index contributed by atoms with van der Waals surface area (Å²) in [5.74, 6) is 0.0775. The van der Waals surface area contributed by atoms with Gasteiger partial charge < -0.3 is 10.6 Å². The Balaban J connectivity index is 1.70. The van der Waals surface area contributed by atoms with Crippen LogP contribution in [0.3, 0.4) is 0 Å². The number of rotatable bonds is 1. The van der Waals surface area contributed by atoms with Crippen LogP contribution < -0.4 is 10.6 Å². The molecule has 1 aromatic carbocycles. The van der Waals surface area contributed by atoms with Crippen LogP contribution in [0.1, 0.15) is 50.9 Å². The Kier molecular flexibility index (Phi) is 3.00. The van der Waals surface area contributed by atoms with Gasteiger partial charge in [0, 0.05) is 4.88 Å². The quantitative estimate of drug-likeness (QED) is 0.841. The molecule has 2 aliphatic rings. The van der Waals surface area contributed by atoms with Gasteiger partial charge in [-0.15, -0.1) is 11.3 Å². The van der Waals surface area contributed by atoms with Crippen molar-refractivity contribution in [1.82, 2.24) is 5.32 Å². The van der Waals surface area contributed by atoms with Crippen molar-refractivity contribution in [1.29, 1.82) is 0 Å². The lowest BCUT2D eigenvalue weighted by Crippen LogP contribution is -2.38. The van der Waals surface area contributed by atoms with E-state index in [1.54, 1.807) is 11.3 Å². The summed E-state index contributed by atoms with van der Waals surface area (Å²) in [5.41, 5.74) is 4.52. The second kappa shape index (κ2) is 4.88. The van der Waals surface area contributed by atoms with E-state index >= 15 is 0 Å². The van der Waals surface area contributed by atoms with Gasteiger partial charge in [-0.3, -0.25) is 4.79 Å². The summed E-state index contributed by atoms with van der Waals surface area (Å²) in [4.78, 5) is 13.9. The second-order valence-corrected chi connectivity index (χ2v) is 6.98. The molecule has 2 heterocycles. The molecule has 4 rings (SSSR count). The lowest BCUT2D eigenvalue weighted by Gasteiger charge is -2.26. The first-order valence-corrected chi connectivity index (χ1v) is 8.32. The lowest BCUT2D eigenvalue weighted by molar-refractivity contribution is 0.0935. The van der Waals surface area contributed by atoms with E-state index in [1.165, 1.54) is 28.8 Å². The molecule has 0 spiro atoms. The maximum Gasteiger partial charge on any atom is 0.256 e. The van der Waals surface area contributed by atoms with Gasteiger partial charge in [0.1, 0.15) is 11.2 Å². The highest BCUT2D eigenvalue weighted by Gasteiger charge is 2.31. The Labute approximate surface area is 128 Å². The zero-order chi connectivity index (χ0) is 14.4. The molecular weight excluding hydrogens is 280 g/mol. The van der Waals surface area contributed by atoms with Crippen LogP contribution >= 0.6 is 11.3 Å². The van der Waals surface area contributed by atoms with Crippen LogP contribution in [0.5, 0.6) is 0 Å². The number of nitrogens with one attached hydrogen (secondary N) is 2. The van der Waals surface area contributed by atoms with Crippen LogP contribution in [0.2, 0.25) is 0 Å². The number of amides is 1. The van der Waals surface area contributed by atoms with Crippen LogP contribution in [0.15, 0.2) is 24.3 Å². The van der Waals surface area contributed by atoms with E-state index in [4.69, 9.17) is 0 Å². The molecule has 0 saturated heterocycles. The Morgan fingerprint density at radius 2 is 1.86 bits per heavy atom. The Hall–Kier alpha value is -1.81. The van der Waals surface area contributed by atoms with Crippen molar-refractivity contribution in [3.05, 3.63) is 51.4 Å². The molecular formula is C17H18N2OS. The molecule has 0 unspecified atom stereocenters. The van der Waals surface area contributed by atoms with E-state index in [0.29, 0.717) is 0 Å². The average molecular weight is 298 g/mol. The monoisotopic (exact) mass is 298 g/mol. The van der Waals surface area contributed by atoms with Crippen molar-refractivity contribution < 1.29 is 4.79 Å². The molecule has 1 aromatic heterocycles. The van der Waals surface area contributed by atoms with Crippen molar-refractivity contribution in [2.45, 2.75) is 38.8 Å². The molecule has 0 fully saturated rings. The van der Waals surface area contributed by atoms with Gasteiger partial charge in [0.2, 0.25) is 0 Å². The lowest BCUT2D eigenvalue weighted by atomic mass is 9.94. The summed E-state index contributed by atoms with van der Waals surface area (Å²) < 4.78 is 0. The van der Waals surface area contributed by atoms with Gasteiger partial charge in [0.15, 0.2) is 0 Å². The fraction of sp³-hybridized carbons (Fsp3) is 0.353. The molecule has 0 bridgehead atoms. The number of carbonyl (C=O) groups excluding carboxylic acids is 1. The Morgan fingerprint density at radius 1 is 1.10 bits per heavy atom. The number of hydrogen-bond donors (Lipinski definition) is 2. The van der Waals surface area contributed by atoms with Crippen LogP contribution in [0, 0.1) is 6.92 Å². The maximum atomic E-state index is 12.5. The van der Waals surface area contributed by atoms with Gasteiger partial charge in [-0.1, -0.05) is 29.8 Å². The van der Waals surface area contributed by atoms with Crippen molar-refractivity contribution in [3.63, 3.8) is 0 Å². The predicted molar refractivity (Wildman–Crippen MR) is 86.0 cm³/mol. The minimum Gasteiger partial charge on any atom is -0.353 e. The van der Waals surface area contributed by atoms with Crippen molar-refractivity contribution >= 4 is 22.2 Å². The van der Waals surface area contributed by atoms with Gasteiger partial charge in [-0.2, -0.15) is 0 Å². The van der Waals surface area contributed by atoms with E-state index in [1.807, 2.05) is 0 Å². The average Bonchev–Trinajstić information content (AvgIpc) is 2.86. The summed E-state index contributed by atoms with van der Waals surface area (Å²) in [5, 5.41) is 7.66. The van der Waals surface area contributed by atoms with E-state index < -0.39 is 0 Å². The number of carbonyl (C=O) groups is 1. The molecule has 1 amide bonds. The minimum absolute atomic E-state index is 0.0775. The third-order valence-electron chi connectivity index (χ3n) is 4.36. The van der Waals surface area contributed by atoms with E-state index in [0.717, 1.165) is 29.0 Å². The number of fused-ring (bicyclic) bond motifs is 3. The number of benzene rings is 1. The Morgan fingerprint density at radius 3 is 2.67 bits per heavy atom. The van der Waals surface area contributed by atoms with E-state index in [2.05, 4.69) is 41.8 Å². The van der Waals surface area contributed by atoms with Gasteiger partial charge >= 0.3 is 0 Å². The molecule has 3 nitrogen and oxygen atoms in total. The fourth-order valence-corrected chi connectivity index (χ4v) is 4.52. The van der Waals surface area contributed by atoms with Crippen molar-refractivity contribution in [3.8, 4) is 0 Å². The first-order valence-electron chi connectivity index (χ1n) is 7.51. The first kappa shape index (κ1) is 12.9. The van der Waals surface area contributed by atoms with Gasteiger partial charge in [0.25, 0.3) is 5.91 Å². The topological polar surface area (TPSA) is 41.1 Å². The van der Waals surface area contributed by atoms with Gasteiger partial charge in [0.05, 0.1) is 5.56 Å². The van der Waals surface area contributed by atoms with Crippen molar-refractivity contribution in [2.24, 2.45) is 0 Å². The summed E-state index contributed by atoms with van der Waals surface area (Å²) >= 11 is 1.77. The summed E-state index contributed by atoms with van der Waals surface area (Å²) in [6.07, 6.45) is 4.49. The van der Waals surface area contributed by atoms with Crippen LogP contribution in [0.25, 0.3) is 0 Å². The third-order valence-corrected chi connectivity index (χ3v) is 5.58. The highest BCUT2D eigenvalue weighted by molar-refractivity contribution is 7.16. The highest BCUT2D eigenvalue weighted by Crippen LogP contribution is 2.41. The molecule has 1 aliphatic heterocycles. The maximum absolute atomic E-state index is 12.5. The molecule has 0 saturated carbocycles. The largest absolute Gasteiger partial charge is 0.353 e. The zero-order valence-corrected chi connectivity index (χ0v) is 12.8. The molecule has 21 heavy (non-hydrogen) atoms. The zero-order valence-electron chi connectivity index (χ0n) is 12.0. The van der Waals surface area contributed by atoms with Gasteiger partial charge in [-0.25, -0.2) is 0 Å². The standard InChI is InChI=1S/C17H18N2OS/c1-10-6-8-11(9-7-10)15-18-16(20)14-12-4-2-3-5-13(12)21-17(14)19-15/h6-9,15,19H,2-5H2,1H3,(H,18,20)/t15-/m1/s1. The molecule has 2 aromatic rings. The number of anilines is 1. The molecule has 1 atom stereocenters. The normalized spacial score (nSPS) is 20.2. The molecule has 1 aliphatic carbocycles. The molecule has 0 radical (unpaired) electrons.